The van der Waals surface area contributed by atoms with Crippen LogP contribution in [0, 0.1) is 0 Å². The predicted octanol–water partition coefficient (Wildman–Crippen LogP) is 16.2. The van der Waals surface area contributed by atoms with Crippen LogP contribution in [0.25, 0.3) is 89.7 Å². The molecule has 62 heavy (non-hydrogen) atoms. The van der Waals surface area contributed by atoms with Crippen LogP contribution in [0.3, 0.4) is 0 Å². The molecule has 0 radical (unpaired) electrons. The van der Waals surface area contributed by atoms with Gasteiger partial charge in [0.25, 0.3) is 0 Å². The molecule has 8 bridgehead atoms. The van der Waals surface area contributed by atoms with Gasteiger partial charge >= 0.3 is 19.5 Å². The molecule has 0 saturated heterocycles. The maximum Gasteiger partial charge on any atom is 2.00 e. The number of halogens is 11. The molecule has 21 heteroatoms. The average molecular weight is 1090 g/mol. The van der Waals surface area contributed by atoms with Crippen molar-refractivity contribution in [2.24, 2.45) is 0 Å². The van der Waals surface area contributed by atoms with E-state index in [1.54, 1.807) is 6.07 Å². The van der Waals surface area contributed by atoms with Gasteiger partial charge in [0.05, 0.1) is 73.5 Å². The third-order valence-electron chi connectivity index (χ3n) is 10.0. The predicted molar refractivity (Wildman–Crippen MR) is 250 cm³/mol. The van der Waals surface area contributed by atoms with Crippen LogP contribution in [0.1, 0.15) is 25.3 Å². The maximum atomic E-state index is 7.31. The Bertz CT molecular complexity index is 3490. The molecule has 5 heterocycles. The molecule has 0 atom stereocenters. The molecule has 0 unspecified atom stereocenters. The van der Waals surface area contributed by atoms with E-state index in [9.17, 15) is 0 Å². The Morgan fingerprint density at radius 3 is 1.26 bits per heavy atom. The number of fused-ring (bicyclic) bond motifs is 20. The van der Waals surface area contributed by atoms with Gasteiger partial charge in [-0.3, -0.25) is 0 Å². The maximum absolute atomic E-state index is 7.31. The smallest absolute Gasteiger partial charge is 0.454 e. The zero-order valence-electron chi connectivity index (χ0n) is 31.0. The van der Waals surface area contributed by atoms with E-state index in [2.05, 4.69) is 0 Å². The van der Waals surface area contributed by atoms with Crippen LogP contribution in [0.15, 0.2) is 48.5 Å². The zero-order valence-corrected chi connectivity index (χ0v) is 42.3. The zero-order chi connectivity index (χ0) is 42.9. The van der Waals surface area contributed by atoms with Crippen LogP contribution in [-0.2, 0) is 19.5 Å². The first-order valence-electron chi connectivity index (χ1n) is 17.7. The van der Waals surface area contributed by atoms with Crippen LogP contribution < -0.4 is 14.7 Å². The molecule has 2 aliphatic rings. The van der Waals surface area contributed by atoms with Crippen molar-refractivity contribution < 1.29 is 24.2 Å². The summed E-state index contributed by atoms with van der Waals surface area (Å²) in [6.07, 6.45) is 0. The first-order valence-corrected chi connectivity index (χ1v) is 21.8. The monoisotopic (exact) mass is 1080 g/mol. The Hall–Kier alpha value is -2.93. The van der Waals surface area contributed by atoms with Gasteiger partial charge in [0.15, 0.2) is 5.75 Å². The summed E-state index contributed by atoms with van der Waals surface area (Å²) in [5, 5.41) is 1.33. The average Bonchev–Trinajstić information content (AvgIpc) is 3.99. The molecule has 0 aliphatic carbocycles. The Morgan fingerprint density at radius 1 is 0.419 bits per heavy atom. The normalized spacial score (nSPS) is 12.0. The van der Waals surface area contributed by atoms with E-state index in [-0.39, 0.29) is 165 Å². The summed E-state index contributed by atoms with van der Waals surface area (Å²) in [6.45, 7) is 4.07. The second-order valence-electron chi connectivity index (χ2n) is 13.9. The van der Waals surface area contributed by atoms with E-state index in [0.29, 0.717) is 16.5 Å². The summed E-state index contributed by atoms with van der Waals surface area (Å²) in [7, 11) is 0. The van der Waals surface area contributed by atoms with Gasteiger partial charge < -0.3 is 34.6 Å². The number of benzene rings is 5. The summed E-state index contributed by atoms with van der Waals surface area (Å²) in [5.74, 6) is 0.750. The SMILES string of the molecule is CC(C)c1ccccc1Oc1c(Cl)c(Cl)c2c(c1Cl)-c1nc-2nc2[n-]c(nc3nc(nc4[n-]c(n1)c1c(Cl)c(Cl)c(Cl)c(Cl)c41)-c1c(Cl)c(Cl)c(Cl)c(Cl)c1-3)c1ccccc21.[Zn+2]. The first-order chi connectivity index (χ1) is 29.2. The number of aromatic nitrogens is 8. The second kappa shape index (κ2) is 16.5. The van der Waals surface area contributed by atoms with Crippen LogP contribution >= 0.6 is 128 Å². The molecule has 0 amide bonds. The van der Waals surface area contributed by atoms with Crippen molar-refractivity contribution in [3.8, 4) is 57.1 Å². The fraction of sp³-hybridized carbons (Fsp3) is 0.0732. The van der Waals surface area contributed by atoms with Crippen LogP contribution in [0.4, 0.5) is 0 Å². The van der Waals surface area contributed by atoms with Gasteiger partial charge in [-0.15, -0.1) is 0 Å². The van der Waals surface area contributed by atoms with Crippen molar-refractivity contribution in [1.82, 2.24) is 39.9 Å². The van der Waals surface area contributed by atoms with Crippen molar-refractivity contribution >= 4 is 172 Å². The van der Waals surface area contributed by atoms with Gasteiger partial charge in [-0.25, -0.2) is 9.97 Å². The third-order valence-corrected chi connectivity index (χ3v) is 14.8. The van der Waals surface area contributed by atoms with Gasteiger partial charge in [-0.2, -0.15) is 0 Å². The van der Waals surface area contributed by atoms with Gasteiger partial charge in [0.2, 0.25) is 0 Å². The molecule has 0 saturated carbocycles. The number of hydrogen-bond donors (Lipinski definition) is 0. The summed E-state index contributed by atoms with van der Waals surface area (Å²) in [4.78, 5) is 38.9. The number of ether oxygens (including phenoxy) is 1. The Kier molecular flexibility index (Phi) is 11.8. The minimum absolute atomic E-state index is 0. The van der Waals surface area contributed by atoms with E-state index in [1.807, 2.05) is 56.3 Å². The Morgan fingerprint density at radius 2 is 0.790 bits per heavy atom. The van der Waals surface area contributed by atoms with E-state index in [1.165, 1.54) is 0 Å². The minimum atomic E-state index is -0.0653. The fourth-order valence-electron chi connectivity index (χ4n) is 7.20. The van der Waals surface area contributed by atoms with E-state index in [0.717, 1.165) is 5.56 Å². The third kappa shape index (κ3) is 6.75. The van der Waals surface area contributed by atoms with E-state index < -0.39 is 0 Å². The van der Waals surface area contributed by atoms with Gasteiger partial charge in [0, 0.05) is 55.6 Å². The number of rotatable bonds is 3. The summed E-state index contributed by atoms with van der Waals surface area (Å²) in [5.41, 5.74) is 2.13. The van der Waals surface area contributed by atoms with Crippen LogP contribution in [-0.4, -0.2) is 29.9 Å². The van der Waals surface area contributed by atoms with Gasteiger partial charge in [-0.05, 0) is 28.3 Å². The molecule has 0 fully saturated rings. The molecule has 0 N–H and O–H groups in total. The topological polar surface area (TPSA) is 115 Å². The van der Waals surface area contributed by atoms with Crippen molar-refractivity contribution in [1.29, 1.82) is 0 Å². The summed E-state index contributed by atoms with van der Waals surface area (Å²) >= 11 is 75.6. The first kappa shape index (κ1) is 44.3. The standard InChI is InChI=1S/C41H15Cl11N8O.Zn/c1-11(2)12-7-5-6-10-15(12)61-33-27(47)21-20(26(46)32(33)52)37-55-35-14-9-4-3-8-13(14)34(53-35)54-36-16-17(23(43)29(49)28(48)22(16)42)38(56-36)58-39-18-19(40(59-39)60-41(21)57-37)25(45)31(51)30(50)24(18)44;/h3-11H,1-2H3;/q-2;+2. The van der Waals surface area contributed by atoms with Gasteiger partial charge in [-0.1, -0.05) is 184 Å². The molecule has 3 aromatic heterocycles. The van der Waals surface area contributed by atoms with Crippen LogP contribution in [0.5, 0.6) is 11.5 Å². The Labute approximate surface area is 418 Å². The van der Waals surface area contributed by atoms with Crippen LogP contribution in [0.2, 0.25) is 55.2 Å². The summed E-state index contributed by atoms with van der Waals surface area (Å²) in [6, 6.07) is 14.8. The quantitative estimate of drug-likeness (QED) is 0.0969. The molecule has 10 rings (SSSR count). The molecular weight excluding hydrogens is 1080 g/mol. The molecule has 2 aliphatic heterocycles. The second-order valence-corrected chi connectivity index (χ2v) is 18.0. The van der Waals surface area contributed by atoms with E-state index in [4.69, 9.17) is 172 Å². The molecule has 8 aromatic rings. The van der Waals surface area contributed by atoms with Crippen molar-refractivity contribution in [3.63, 3.8) is 0 Å². The number of para-hydroxylation sites is 1. The van der Waals surface area contributed by atoms with E-state index >= 15 is 0 Å². The van der Waals surface area contributed by atoms with Crippen molar-refractivity contribution in [2.75, 3.05) is 0 Å². The Balaban J connectivity index is 0.00000490. The molecule has 0 spiro atoms. The molecule has 5 aromatic carbocycles. The largest absolute Gasteiger partial charge is 2.00 e. The molecule has 304 valence electrons. The number of nitrogens with zero attached hydrogens (tertiary/aromatic N) is 8. The number of hydrogen-bond acceptors (Lipinski definition) is 7. The fourth-order valence-corrected chi connectivity index (χ4v) is 10.1. The van der Waals surface area contributed by atoms with Crippen molar-refractivity contribution in [2.45, 2.75) is 19.8 Å². The van der Waals surface area contributed by atoms with Gasteiger partial charge in [0.1, 0.15) is 10.8 Å². The molecule has 9 nitrogen and oxygen atoms in total. The minimum Gasteiger partial charge on any atom is -0.454 e. The molecular formula is C41H15Cl11N8OZn. The van der Waals surface area contributed by atoms with Crippen molar-refractivity contribution in [3.05, 3.63) is 109 Å². The summed E-state index contributed by atoms with van der Waals surface area (Å²) < 4.78 is 6.47.